The van der Waals surface area contributed by atoms with E-state index in [4.69, 9.17) is 23.2 Å². The first-order chi connectivity index (χ1) is 8.47. The molecule has 0 amide bonds. The molecule has 18 heavy (non-hydrogen) atoms. The third-order valence-electron chi connectivity index (χ3n) is 2.67. The predicted molar refractivity (Wildman–Crippen MR) is 72.4 cm³/mol. The molecule has 1 aromatic carbocycles. The van der Waals surface area contributed by atoms with E-state index in [1.807, 2.05) is 6.92 Å². The van der Waals surface area contributed by atoms with Gasteiger partial charge in [0.1, 0.15) is 0 Å². The lowest BCUT2D eigenvalue weighted by Crippen LogP contribution is -2.04. The van der Waals surface area contributed by atoms with Crippen molar-refractivity contribution in [3.63, 3.8) is 0 Å². The largest absolute Gasteiger partial charge is 0.294 e. The number of hydrogen-bond acceptors (Lipinski definition) is 2. The molecule has 0 bridgehead atoms. The molecule has 3 nitrogen and oxygen atoms in total. The third kappa shape index (κ3) is 2.74. The number of aromatic nitrogens is 2. The number of rotatable bonds is 3. The molecular weight excluding hydrogens is 271 g/mol. The highest BCUT2D eigenvalue weighted by molar-refractivity contribution is 6.33. The molecule has 0 fully saturated rings. The molecule has 0 aliphatic rings. The summed E-state index contributed by atoms with van der Waals surface area (Å²) in [5.74, 6) is -0.00948. The molecule has 0 unspecified atom stereocenters. The van der Waals surface area contributed by atoms with Gasteiger partial charge in [0.2, 0.25) is 0 Å². The molecule has 0 N–H and O–H groups in total. The molecule has 0 aliphatic carbocycles. The summed E-state index contributed by atoms with van der Waals surface area (Å²) in [5.41, 5.74) is 2.08. The molecule has 1 heterocycles. The normalized spacial score (nSPS) is 10.7. The first-order valence-electron chi connectivity index (χ1n) is 5.44. The Kier molecular flexibility index (Phi) is 3.73. The number of halogens is 2. The molecule has 0 saturated carbocycles. The van der Waals surface area contributed by atoms with E-state index in [0.29, 0.717) is 15.6 Å². The van der Waals surface area contributed by atoms with E-state index < -0.39 is 0 Å². The molecule has 0 aliphatic heterocycles. The van der Waals surface area contributed by atoms with E-state index in [0.717, 1.165) is 11.3 Å². The Labute approximate surface area is 115 Å². The van der Waals surface area contributed by atoms with Crippen molar-refractivity contribution < 1.29 is 4.79 Å². The van der Waals surface area contributed by atoms with Crippen molar-refractivity contribution in [2.75, 3.05) is 0 Å². The molecule has 0 atom stereocenters. The maximum absolute atomic E-state index is 12.2. The Bertz CT molecular complexity index is 605. The standard InChI is InChI=1S/C13H12Cl2N2O/c1-8-11(7-17(2)16-8)13(18)6-9-5-10(14)3-4-12(9)15/h3-5,7H,6H2,1-2H3. The minimum atomic E-state index is -0.00948. The maximum Gasteiger partial charge on any atom is 0.170 e. The van der Waals surface area contributed by atoms with Gasteiger partial charge in [-0.2, -0.15) is 5.10 Å². The Morgan fingerprint density at radius 1 is 1.39 bits per heavy atom. The number of aryl methyl sites for hydroxylation is 2. The molecule has 94 valence electrons. The van der Waals surface area contributed by atoms with Crippen LogP contribution in [0.2, 0.25) is 10.0 Å². The van der Waals surface area contributed by atoms with Crippen molar-refractivity contribution >= 4 is 29.0 Å². The Hall–Kier alpha value is -1.32. The van der Waals surface area contributed by atoms with Crippen LogP contribution in [0.5, 0.6) is 0 Å². The second-order valence-electron chi connectivity index (χ2n) is 4.14. The van der Waals surface area contributed by atoms with Crippen molar-refractivity contribution in [2.24, 2.45) is 7.05 Å². The van der Waals surface area contributed by atoms with Crippen LogP contribution in [0.3, 0.4) is 0 Å². The van der Waals surface area contributed by atoms with Gasteiger partial charge in [0.25, 0.3) is 0 Å². The van der Waals surface area contributed by atoms with Crippen LogP contribution in [0.4, 0.5) is 0 Å². The van der Waals surface area contributed by atoms with Gasteiger partial charge >= 0.3 is 0 Å². The van der Waals surface area contributed by atoms with Crippen LogP contribution < -0.4 is 0 Å². The third-order valence-corrected chi connectivity index (χ3v) is 3.28. The maximum atomic E-state index is 12.2. The molecule has 0 saturated heterocycles. The van der Waals surface area contributed by atoms with Crippen LogP contribution in [0.1, 0.15) is 21.6 Å². The van der Waals surface area contributed by atoms with E-state index >= 15 is 0 Å². The van der Waals surface area contributed by atoms with Crippen LogP contribution in [-0.2, 0) is 13.5 Å². The molecule has 5 heteroatoms. The van der Waals surface area contributed by atoms with Gasteiger partial charge in [-0.25, -0.2) is 0 Å². The number of hydrogen-bond donors (Lipinski definition) is 0. The van der Waals surface area contributed by atoms with Crippen molar-refractivity contribution in [2.45, 2.75) is 13.3 Å². The Morgan fingerprint density at radius 3 is 2.72 bits per heavy atom. The summed E-state index contributed by atoms with van der Waals surface area (Å²) in [7, 11) is 1.79. The summed E-state index contributed by atoms with van der Waals surface area (Å²) in [6.45, 7) is 1.81. The average molecular weight is 283 g/mol. The second kappa shape index (κ2) is 5.12. The zero-order valence-corrected chi connectivity index (χ0v) is 11.6. The molecule has 1 aromatic heterocycles. The minimum absolute atomic E-state index is 0.00948. The van der Waals surface area contributed by atoms with Gasteiger partial charge in [0, 0.05) is 29.7 Å². The lowest BCUT2D eigenvalue weighted by atomic mass is 10.0. The average Bonchev–Trinajstić information content (AvgIpc) is 2.63. The number of ketones is 1. The summed E-state index contributed by atoms with van der Waals surface area (Å²) in [6, 6.07) is 5.11. The fourth-order valence-electron chi connectivity index (χ4n) is 1.82. The topological polar surface area (TPSA) is 34.9 Å². The number of benzene rings is 1. The van der Waals surface area contributed by atoms with Crippen molar-refractivity contribution in [3.05, 3.63) is 51.3 Å². The van der Waals surface area contributed by atoms with Gasteiger partial charge in [0.15, 0.2) is 5.78 Å². The van der Waals surface area contributed by atoms with Gasteiger partial charge in [-0.15, -0.1) is 0 Å². The van der Waals surface area contributed by atoms with Crippen LogP contribution in [0.15, 0.2) is 24.4 Å². The van der Waals surface area contributed by atoms with Crippen LogP contribution in [0.25, 0.3) is 0 Å². The molecule has 2 aromatic rings. The van der Waals surface area contributed by atoms with Crippen LogP contribution in [-0.4, -0.2) is 15.6 Å². The summed E-state index contributed by atoms with van der Waals surface area (Å²) in [6.07, 6.45) is 1.95. The first-order valence-corrected chi connectivity index (χ1v) is 6.20. The van der Waals surface area contributed by atoms with Crippen LogP contribution >= 0.6 is 23.2 Å². The number of nitrogens with zero attached hydrogens (tertiary/aromatic N) is 2. The number of Topliss-reactive ketones (excluding diaryl/α,β-unsaturated/α-hetero) is 1. The van der Waals surface area contributed by atoms with Crippen LogP contribution in [0, 0.1) is 6.92 Å². The van der Waals surface area contributed by atoms with Gasteiger partial charge in [0.05, 0.1) is 11.3 Å². The van der Waals surface area contributed by atoms with E-state index in [-0.39, 0.29) is 12.2 Å². The lowest BCUT2D eigenvalue weighted by molar-refractivity contribution is 0.0992. The zero-order valence-electron chi connectivity index (χ0n) is 10.1. The van der Waals surface area contributed by atoms with Gasteiger partial charge < -0.3 is 0 Å². The van der Waals surface area contributed by atoms with E-state index in [9.17, 15) is 4.79 Å². The second-order valence-corrected chi connectivity index (χ2v) is 4.98. The van der Waals surface area contributed by atoms with Gasteiger partial charge in [-0.3, -0.25) is 9.48 Å². The summed E-state index contributed by atoms with van der Waals surface area (Å²) in [4.78, 5) is 12.2. The fourth-order valence-corrected chi connectivity index (χ4v) is 2.20. The monoisotopic (exact) mass is 282 g/mol. The van der Waals surface area contributed by atoms with E-state index in [1.165, 1.54) is 0 Å². The van der Waals surface area contributed by atoms with Crippen molar-refractivity contribution in [3.8, 4) is 0 Å². The lowest BCUT2D eigenvalue weighted by Gasteiger charge is -2.03. The highest BCUT2D eigenvalue weighted by Crippen LogP contribution is 2.22. The highest BCUT2D eigenvalue weighted by Gasteiger charge is 2.14. The van der Waals surface area contributed by atoms with Crippen molar-refractivity contribution in [1.82, 2.24) is 9.78 Å². The molecule has 0 spiro atoms. The molecular formula is C13H12Cl2N2O. The highest BCUT2D eigenvalue weighted by atomic mass is 35.5. The zero-order chi connectivity index (χ0) is 13.3. The van der Waals surface area contributed by atoms with Gasteiger partial charge in [-0.1, -0.05) is 23.2 Å². The Morgan fingerprint density at radius 2 is 2.11 bits per heavy atom. The summed E-state index contributed by atoms with van der Waals surface area (Å²) < 4.78 is 1.63. The quantitative estimate of drug-likeness (QED) is 0.808. The molecule has 0 radical (unpaired) electrons. The summed E-state index contributed by atoms with van der Waals surface area (Å²) in [5, 5.41) is 5.27. The van der Waals surface area contributed by atoms with Gasteiger partial charge in [-0.05, 0) is 30.7 Å². The predicted octanol–water partition coefficient (Wildman–Crippen LogP) is 3.46. The number of carbonyl (C=O) groups is 1. The minimum Gasteiger partial charge on any atom is -0.294 e. The summed E-state index contributed by atoms with van der Waals surface area (Å²) >= 11 is 11.9. The SMILES string of the molecule is Cc1nn(C)cc1C(=O)Cc1cc(Cl)ccc1Cl. The van der Waals surface area contributed by atoms with E-state index in [2.05, 4.69) is 5.10 Å². The smallest absolute Gasteiger partial charge is 0.170 e. The van der Waals surface area contributed by atoms with Crippen molar-refractivity contribution in [1.29, 1.82) is 0 Å². The Balaban J connectivity index is 2.26. The number of carbonyl (C=O) groups excluding carboxylic acids is 1. The molecule has 2 rings (SSSR count). The fraction of sp³-hybridized carbons (Fsp3) is 0.231. The van der Waals surface area contributed by atoms with E-state index in [1.54, 1.807) is 36.1 Å². The first kappa shape index (κ1) is 13.1.